The first kappa shape index (κ1) is 14.5. The van der Waals surface area contributed by atoms with E-state index in [9.17, 15) is 0 Å². The Kier molecular flexibility index (Phi) is 5.38. The van der Waals surface area contributed by atoms with E-state index in [-0.39, 0.29) is 0 Å². The second-order valence-corrected chi connectivity index (χ2v) is 5.61. The number of rotatable bonds is 5. The molecule has 2 rings (SSSR count). The lowest BCUT2D eigenvalue weighted by molar-refractivity contribution is 0.130. The summed E-state index contributed by atoms with van der Waals surface area (Å²) in [4.78, 5) is 0. The molecule has 19 heavy (non-hydrogen) atoms. The summed E-state index contributed by atoms with van der Waals surface area (Å²) >= 11 is 5.86. The van der Waals surface area contributed by atoms with Crippen LogP contribution in [-0.4, -0.2) is 12.7 Å². The molecule has 0 spiro atoms. The van der Waals surface area contributed by atoms with Crippen molar-refractivity contribution in [3.8, 4) is 11.5 Å². The third kappa shape index (κ3) is 4.04. The van der Waals surface area contributed by atoms with Gasteiger partial charge in [0, 0.05) is 5.88 Å². The molecule has 3 heteroatoms. The van der Waals surface area contributed by atoms with E-state index in [1.807, 2.05) is 25.1 Å². The minimum Gasteiger partial charge on any atom is -0.490 e. The van der Waals surface area contributed by atoms with E-state index < -0.39 is 0 Å². The molecule has 0 atom stereocenters. The van der Waals surface area contributed by atoms with Gasteiger partial charge >= 0.3 is 0 Å². The van der Waals surface area contributed by atoms with Gasteiger partial charge in [0.1, 0.15) is 0 Å². The fourth-order valence-corrected chi connectivity index (χ4v) is 2.69. The van der Waals surface area contributed by atoms with Crippen LogP contribution in [0.4, 0.5) is 0 Å². The Morgan fingerprint density at radius 2 is 1.89 bits per heavy atom. The van der Waals surface area contributed by atoms with E-state index in [0.29, 0.717) is 18.6 Å². The van der Waals surface area contributed by atoms with E-state index in [1.54, 1.807) is 0 Å². The SMILES string of the molecule is CCOc1cc(CCl)ccc1OC1CCC(C)CC1. The Balaban J connectivity index is 2.06. The van der Waals surface area contributed by atoms with Crippen LogP contribution < -0.4 is 9.47 Å². The van der Waals surface area contributed by atoms with Gasteiger partial charge < -0.3 is 9.47 Å². The van der Waals surface area contributed by atoms with Crippen LogP contribution >= 0.6 is 11.6 Å². The number of hydrogen-bond donors (Lipinski definition) is 0. The van der Waals surface area contributed by atoms with Crippen LogP contribution in [0.2, 0.25) is 0 Å². The first-order chi connectivity index (χ1) is 9.22. The normalized spacial score (nSPS) is 23.1. The predicted octanol–water partition coefficient (Wildman–Crippen LogP) is 4.78. The molecule has 0 N–H and O–H groups in total. The Hall–Kier alpha value is -0.890. The van der Waals surface area contributed by atoms with E-state index in [4.69, 9.17) is 21.1 Å². The smallest absolute Gasteiger partial charge is 0.161 e. The van der Waals surface area contributed by atoms with Crippen molar-refractivity contribution in [1.82, 2.24) is 0 Å². The second-order valence-electron chi connectivity index (χ2n) is 5.35. The van der Waals surface area contributed by atoms with Gasteiger partial charge in [-0.05, 0) is 56.2 Å². The molecule has 106 valence electrons. The standard InChI is InChI=1S/C16H23ClO2/c1-3-18-16-10-13(11-17)6-9-15(16)19-14-7-4-12(2)5-8-14/h6,9-10,12,14H,3-5,7-8,11H2,1-2H3. The van der Waals surface area contributed by atoms with Crippen LogP contribution in [0.15, 0.2) is 18.2 Å². The van der Waals surface area contributed by atoms with Crippen LogP contribution in [-0.2, 0) is 5.88 Å². The van der Waals surface area contributed by atoms with E-state index in [1.165, 1.54) is 12.8 Å². The fraction of sp³-hybridized carbons (Fsp3) is 0.625. The summed E-state index contributed by atoms with van der Waals surface area (Å²) in [5.74, 6) is 3.01. The molecule has 0 aromatic heterocycles. The molecule has 1 aliphatic carbocycles. The van der Waals surface area contributed by atoms with Gasteiger partial charge in [0.15, 0.2) is 11.5 Å². The molecule has 0 saturated heterocycles. The van der Waals surface area contributed by atoms with Crippen LogP contribution in [0.25, 0.3) is 0 Å². The quantitative estimate of drug-likeness (QED) is 0.724. The summed E-state index contributed by atoms with van der Waals surface area (Å²) in [5, 5.41) is 0. The molecule has 1 aliphatic rings. The summed E-state index contributed by atoms with van der Waals surface area (Å²) < 4.78 is 11.8. The Labute approximate surface area is 121 Å². The van der Waals surface area contributed by atoms with Crippen molar-refractivity contribution in [3.63, 3.8) is 0 Å². The van der Waals surface area contributed by atoms with Crippen LogP contribution in [0.1, 0.15) is 45.1 Å². The lowest BCUT2D eigenvalue weighted by Gasteiger charge is -2.27. The molecule has 0 aliphatic heterocycles. The van der Waals surface area contributed by atoms with Gasteiger partial charge in [0.25, 0.3) is 0 Å². The molecule has 2 nitrogen and oxygen atoms in total. The van der Waals surface area contributed by atoms with Crippen molar-refractivity contribution in [2.75, 3.05) is 6.61 Å². The molecule has 1 saturated carbocycles. The van der Waals surface area contributed by atoms with Gasteiger partial charge in [0.2, 0.25) is 0 Å². The maximum Gasteiger partial charge on any atom is 0.161 e. The second kappa shape index (κ2) is 7.04. The zero-order chi connectivity index (χ0) is 13.7. The monoisotopic (exact) mass is 282 g/mol. The van der Waals surface area contributed by atoms with Crippen LogP contribution in [0.3, 0.4) is 0 Å². The molecule has 0 bridgehead atoms. The Morgan fingerprint density at radius 1 is 1.16 bits per heavy atom. The Morgan fingerprint density at radius 3 is 2.53 bits per heavy atom. The molecule has 1 aromatic carbocycles. The van der Waals surface area contributed by atoms with Crippen LogP contribution in [0.5, 0.6) is 11.5 Å². The lowest BCUT2D eigenvalue weighted by atomic mass is 9.89. The predicted molar refractivity (Wildman–Crippen MR) is 79.2 cm³/mol. The molecule has 0 radical (unpaired) electrons. The van der Waals surface area contributed by atoms with Gasteiger partial charge in [-0.15, -0.1) is 11.6 Å². The number of ether oxygens (including phenoxy) is 2. The third-order valence-electron chi connectivity index (χ3n) is 3.72. The number of alkyl halides is 1. The topological polar surface area (TPSA) is 18.5 Å². The average molecular weight is 283 g/mol. The highest BCUT2D eigenvalue weighted by atomic mass is 35.5. The van der Waals surface area contributed by atoms with Crippen molar-refractivity contribution in [2.24, 2.45) is 5.92 Å². The van der Waals surface area contributed by atoms with E-state index in [0.717, 1.165) is 35.8 Å². The van der Waals surface area contributed by atoms with Crippen molar-refractivity contribution >= 4 is 11.6 Å². The third-order valence-corrected chi connectivity index (χ3v) is 4.03. The van der Waals surface area contributed by atoms with Gasteiger partial charge in [-0.25, -0.2) is 0 Å². The first-order valence-electron chi connectivity index (χ1n) is 7.21. The maximum absolute atomic E-state index is 6.12. The largest absolute Gasteiger partial charge is 0.490 e. The highest BCUT2D eigenvalue weighted by Gasteiger charge is 2.20. The zero-order valence-electron chi connectivity index (χ0n) is 11.8. The Bertz CT molecular complexity index is 398. The number of hydrogen-bond acceptors (Lipinski definition) is 2. The highest BCUT2D eigenvalue weighted by molar-refractivity contribution is 6.17. The van der Waals surface area contributed by atoms with Crippen LogP contribution in [0, 0.1) is 5.92 Å². The molecule has 1 aromatic rings. The van der Waals surface area contributed by atoms with E-state index in [2.05, 4.69) is 6.92 Å². The van der Waals surface area contributed by atoms with Crippen molar-refractivity contribution in [3.05, 3.63) is 23.8 Å². The summed E-state index contributed by atoms with van der Waals surface area (Å²) in [6.07, 6.45) is 5.13. The zero-order valence-corrected chi connectivity index (χ0v) is 12.6. The highest BCUT2D eigenvalue weighted by Crippen LogP contribution is 2.33. The summed E-state index contributed by atoms with van der Waals surface area (Å²) in [5.41, 5.74) is 1.06. The minimum atomic E-state index is 0.331. The van der Waals surface area contributed by atoms with Crippen molar-refractivity contribution < 1.29 is 9.47 Å². The summed E-state index contributed by atoms with van der Waals surface area (Å²) in [7, 11) is 0. The number of halogens is 1. The van der Waals surface area contributed by atoms with Gasteiger partial charge in [-0.3, -0.25) is 0 Å². The fourth-order valence-electron chi connectivity index (χ4n) is 2.53. The summed E-state index contributed by atoms with van der Waals surface area (Å²) in [6, 6.07) is 5.98. The summed E-state index contributed by atoms with van der Waals surface area (Å²) in [6.45, 7) is 4.94. The van der Waals surface area contributed by atoms with Crippen molar-refractivity contribution in [2.45, 2.75) is 51.5 Å². The van der Waals surface area contributed by atoms with Gasteiger partial charge in [0.05, 0.1) is 12.7 Å². The van der Waals surface area contributed by atoms with E-state index >= 15 is 0 Å². The lowest BCUT2D eigenvalue weighted by Crippen LogP contribution is -2.23. The molecule has 1 fully saturated rings. The van der Waals surface area contributed by atoms with Gasteiger partial charge in [-0.1, -0.05) is 13.0 Å². The molecule has 0 amide bonds. The minimum absolute atomic E-state index is 0.331. The van der Waals surface area contributed by atoms with Gasteiger partial charge in [-0.2, -0.15) is 0 Å². The first-order valence-corrected chi connectivity index (χ1v) is 7.74. The molecule has 0 unspecified atom stereocenters. The number of benzene rings is 1. The molecular formula is C16H23ClO2. The molecular weight excluding hydrogens is 260 g/mol. The molecule has 0 heterocycles. The maximum atomic E-state index is 6.12. The average Bonchev–Trinajstić information content (AvgIpc) is 2.43. The van der Waals surface area contributed by atoms with Crippen molar-refractivity contribution in [1.29, 1.82) is 0 Å².